The molecule has 0 unspecified atom stereocenters. The first-order chi connectivity index (χ1) is 58.1. The largest absolute Gasteiger partial charge is 0.497 e. The molecule has 0 saturated carbocycles. The van der Waals surface area contributed by atoms with Gasteiger partial charge in [0.2, 0.25) is 0 Å². The zero-order chi connectivity index (χ0) is 82.0. The van der Waals surface area contributed by atoms with Gasteiger partial charge in [-0.25, -0.2) is 34.5 Å². The zero-order valence-electron chi connectivity index (χ0n) is 65.3. The van der Waals surface area contributed by atoms with Crippen molar-refractivity contribution in [2.24, 2.45) is 5.92 Å². The molecular formula is C92H74ClN11O10S5. The van der Waals surface area contributed by atoms with E-state index in [9.17, 15) is 19.2 Å². The Labute approximate surface area is 706 Å². The van der Waals surface area contributed by atoms with E-state index in [0.717, 1.165) is 123 Å². The highest BCUT2D eigenvalue weighted by molar-refractivity contribution is 7.25. The lowest BCUT2D eigenvalue weighted by Gasteiger charge is -2.31. The number of benzene rings is 10. The molecule has 0 aliphatic carbocycles. The Hall–Kier alpha value is -13.1. The summed E-state index contributed by atoms with van der Waals surface area (Å²) in [5, 5.41) is 0.704. The predicted octanol–water partition coefficient (Wildman–Crippen LogP) is 22.1. The van der Waals surface area contributed by atoms with Crippen LogP contribution >= 0.6 is 68.3 Å². The number of amides is 1. The lowest BCUT2D eigenvalue weighted by Crippen LogP contribution is -2.40. The van der Waals surface area contributed by atoms with E-state index < -0.39 is 0 Å². The maximum Gasteiger partial charge on any atom is 0.337 e. The van der Waals surface area contributed by atoms with Crippen LogP contribution in [-0.4, -0.2) is 131 Å². The molecule has 20 aromatic rings. The summed E-state index contributed by atoms with van der Waals surface area (Å²) in [4.78, 5) is 78.5. The Kier molecular flexibility index (Phi) is 22.6. The van der Waals surface area contributed by atoms with Crippen LogP contribution in [0.2, 0.25) is 5.02 Å². The highest BCUT2D eigenvalue weighted by atomic mass is 35.5. The zero-order valence-corrected chi connectivity index (χ0v) is 70.1. The predicted molar refractivity (Wildman–Crippen MR) is 477 cm³/mol. The van der Waals surface area contributed by atoms with E-state index >= 15 is 0 Å². The second kappa shape index (κ2) is 34.2. The minimum atomic E-state index is -0.334. The summed E-state index contributed by atoms with van der Waals surface area (Å²) in [5.74, 6) is 1.55. The average molecular weight is 1690 g/mol. The molecule has 1 saturated heterocycles. The number of ether oxygens (including phenoxy) is 6. The van der Waals surface area contributed by atoms with Crippen LogP contribution < -0.4 is 14.2 Å². The molecule has 1 amide bonds. The number of aromatic nitrogens is 10. The number of nitrogens with zero attached hydrogens (tertiary/aromatic N) is 11. The number of hydrogen-bond donors (Lipinski definition) is 0. The van der Waals surface area contributed by atoms with Crippen LogP contribution in [0.3, 0.4) is 0 Å². The van der Waals surface area contributed by atoms with Crippen molar-refractivity contribution >= 4 is 168 Å². The molecule has 10 aromatic carbocycles. The summed E-state index contributed by atoms with van der Waals surface area (Å²) in [6.07, 6.45) is 11.5. The standard InChI is InChI=1S/C25H25N3O4S.C18H14N2O3S.C17H11ClN2O2S.C16H12N2OS.C16H12N2S/c1-3-32-24(30)17-10-12-27(13-11-17)23(29)18-6-9-21-22(14-18)33-25-26-20(15-28(21)25)16-4-7-19(31-2)8-5-16;1-22-13-5-3-4-11(8-13)14-10-20-15-7-6-12(17(21)23-2)9-16(15)24-18(20)19-14;1-22-16(21)11-4-7-14-15(8-11)23-17-19-13(9-20(14)17)10-2-5-12(18)6-3-10;1-19-12-8-6-11(7-9-12)13-10-18-14-4-2-3-5-15(14)20-16(18)17-13;1-11-7-8-14-15(9-11)19-16-17-13(10-18(14)16)12-5-3-2-4-6-12/h4-9,14-15,17H,3,10-13H2,1-2H3;3-10H,1-2H3;2-9H,1H3;2-10H,1H3;2-10H,1H3. The minimum Gasteiger partial charge on any atom is -0.497 e. The van der Waals surface area contributed by atoms with Gasteiger partial charge in [-0.1, -0.05) is 141 Å². The molecule has 11 heterocycles. The highest BCUT2D eigenvalue weighted by Gasteiger charge is 2.29. The monoisotopic (exact) mass is 1690 g/mol. The van der Waals surface area contributed by atoms with Gasteiger partial charge in [-0.2, -0.15) is 0 Å². The Morgan fingerprint density at radius 3 is 1.19 bits per heavy atom. The molecule has 27 heteroatoms. The lowest BCUT2D eigenvalue weighted by atomic mass is 9.96. The molecule has 10 aromatic heterocycles. The van der Waals surface area contributed by atoms with E-state index in [1.54, 1.807) is 90.1 Å². The van der Waals surface area contributed by atoms with Crippen molar-refractivity contribution in [2.75, 3.05) is 55.2 Å². The lowest BCUT2D eigenvalue weighted by molar-refractivity contribution is -0.149. The van der Waals surface area contributed by atoms with Crippen LogP contribution in [0.15, 0.2) is 255 Å². The van der Waals surface area contributed by atoms with Gasteiger partial charge < -0.3 is 33.3 Å². The van der Waals surface area contributed by atoms with Crippen molar-refractivity contribution in [1.82, 2.24) is 51.8 Å². The Morgan fingerprint density at radius 2 is 0.748 bits per heavy atom. The van der Waals surface area contributed by atoms with Crippen LogP contribution in [0.4, 0.5) is 0 Å². The second-order valence-corrected chi connectivity index (χ2v) is 33.2. The smallest absolute Gasteiger partial charge is 0.337 e. The molecule has 594 valence electrons. The number of rotatable bonds is 13. The van der Waals surface area contributed by atoms with Crippen molar-refractivity contribution in [1.29, 1.82) is 0 Å². The van der Waals surface area contributed by atoms with Gasteiger partial charge in [0.15, 0.2) is 24.8 Å². The number of methoxy groups -OCH3 is 5. The van der Waals surface area contributed by atoms with Gasteiger partial charge in [0.25, 0.3) is 5.91 Å². The van der Waals surface area contributed by atoms with Gasteiger partial charge in [-0.05, 0) is 184 Å². The molecular weight excluding hydrogens is 1610 g/mol. The molecule has 1 aliphatic heterocycles. The first-order valence-corrected chi connectivity index (χ1v) is 42.4. The van der Waals surface area contributed by atoms with Crippen LogP contribution in [0.25, 0.3) is 132 Å². The van der Waals surface area contributed by atoms with E-state index in [4.69, 9.17) is 60.0 Å². The Balaban J connectivity index is 0.000000108. The van der Waals surface area contributed by atoms with Gasteiger partial charge in [-0.3, -0.25) is 31.6 Å². The summed E-state index contributed by atoms with van der Waals surface area (Å²) < 4.78 is 46.4. The topological polar surface area (TPSA) is 213 Å². The Bertz CT molecular complexity index is 7150. The van der Waals surface area contributed by atoms with Crippen LogP contribution in [0.1, 0.15) is 56.4 Å². The number of aryl methyl sites for hydroxylation is 1. The minimum absolute atomic E-state index is 0.00386. The summed E-state index contributed by atoms with van der Waals surface area (Å²) in [5.41, 5.74) is 18.6. The molecule has 21 nitrogen and oxygen atoms in total. The third-order valence-electron chi connectivity index (χ3n) is 20.4. The van der Waals surface area contributed by atoms with Crippen LogP contribution in [-0.2, 0) is 19.0 Å². The number of imidazole rings is 5. The third kappa shape index (κ3) is 16.3. The van der Waals surface area contributed by atoms with Gasteiger partial charge in [-0.15, -0.1) is 0 Å². The summed E-state index contributed by atoms with van der Waals surface area (Å²) in [6.45, 7) is 5.47. The number of esters is 3. The van der Waals surface area contributed by atoms with Gasteiger partial charge >= 0.3 is 17.9 Å². The molecule has 0 spiro atoms. The molecule has 0 bridgehead atoms. The summed E-state index contributed by atoms with van der Waals surface area (Å²) >= 11 is 14.0. The van der Waals surface area contributed by atoms with Gasteiger partial charge in [0, 0.05) is 82.5 Å². The molecule has 21 rings (SSSR count). The van der Waals surface area contributed by atoms with Crippen molar-refractivity contribution in [3.8, 4) is 73.5 Å². The maximum atomic E-state index is 13.1. The van der Waals surface area contributed by atoms with Crippen molar-refractivity contribution in [3.05, 3.63) is 283 Å². The maximum absolute atomic E-state index is 13.1. The molecule has 1 aliphatic rings. The third-order valence-corrected chi connectivity index (χ3v) is 25.7. The number of halogens is 1. The van der Waals surface area contributed by atoms with E-state index in [-0.39, 0.29) is 29.7 Å². The van der Waals surface area contributed by atoms with E-state index in [0.29, 0.717) is 54.3 Å². The Morgan fingerprint density at radius 1 is 0.378 bits per heavy atom. The number of carbonyl (C=O) groups is 4. The molecule has 0 atom stereocenters. The first kappa shape index (κ1) is 78.4. The van der Waals surface area contributed by atoms with Crippen LogP contribution in [0.5, 0.6) is 17.2 Å². The van der Waals surface area contributed by atoms with Crippen molar-refractivity contribution in [2.45, 2.75) is 26.7 Å². The number of piperidine rings is 1. The number of likely N-dealkylation sites (tertiary alicyclic amines) is 1. The molecule has 119 heavy (non-hydrogen) atoms. The van der Waals surface area contributed by atoms with E-state index in [1.807, 2.05) is 197 Å². The van der Waals surface area contributed by atoms with Gasteiger partial charge in [0.05, 0.1) is 139 Å². The quantitative estimate of drug-likeness (QED) is 0.0775. The van der Waals surface area contributed by atoms with Crippen molar-refractivity contribution in [3.63, 3.8) is 0 Å². The fourth-order valence-corrected chi connectivity index (χ4v) is 19.6. The van der Waals surface area contributed by atoms with E-state index in [2.05, 4.69) is 92.1 Å². The molecule has 0 radical (unpaired) electrons. The number of fused-ring (bicyclic) bond motifs is 15. The second-order valence-electron chi connectivity index (χ2n) is 27.8. The first-order valence-electron chi connectivity index (χ1n) is 38.0. The fourth-order valence-electron chi connectivity index (χ4n) is 14.2. The van der Waals surface area contributed by atoms with Gasteiger partial charge in [0.1, 0.15) is 17.2 Å². The average Bonchev–Trinajstić information content (AvgIpc) is 2.11. The number of hydrogen-bond acceptors (Lipinski definition) is 20. The SMILES string of the molecule is CCOC(=O)C1CCN(C(=O)c2ccc3c(c2)sc2nc(-c4ccc(OC)cc4)cn23)CC1.COC(=O)c1ccc2c(c1)sc1nc(-c3ccc(Cl)cc3)cn12.COC(=O)c1ccc2c(c1)sc1nc(-c3cccc(OC)c3)cn12.COc1ccc(-c2cn3c(n2)sc2ccccc23)cc1.Cc1ccc2c(c1)sc1nc(-c3ccccc3)cn12. The summed E-state index contributed by atoms with van der Waals surface area (Å²) in [7, 11) is 7.74. The fraction of sp³-hybridized carbons (Fsp3) is 0.141. The number of para-hydroxylation sites is 1. The van der Waals surface area contributed by atoms with Crippen LogP contribution in [0, 0.1) is 12.8 Å². The molecule has 0 N–H and O–H groups in total. The highest BCUT2D eigenvalue weighted by Crippen LogP contribution is 2.38. The number of thiazole rings is 5. The van der Waals surface area contributed by atoms with Crippen molar-refractivity contribution < 1.29 is 47.6 Å². The molecule has 1 fully saturated rings. The van der Waals surface area contributed by atoms with E-state index in [1.165, 1.54) is 45.8 Å². The normalized spacial score (nSPS) is 12.2. The summed E-state index contributed by atoms with van der Waals surface area (Å²) in [6, 6.07) is 73.3. The number of carbonyl (C=O) groups excluding carboxylic acids is 4.